The summed E-state index contributed by atoms with van der Waals surface area (Å²) < 4.78 is 19.2. The average Bonchev–Trinajstić information content (AvgIpc) is 2.83. The molecule has 6 nitrogen and oxygen atoms in total. The zero-order valence-corrected chi connectivity index (χ0v) is 17.5. The summed E-state index contributed by atoms with van der Waals surface area (Å²) in [5.74, 6) is -1.35. The zero-order valence-electron chi connectivity index (χ0n) is 17.5. The molecule has 0 saturated heterocycles. The van der Waals surface area contributed by atoms with E-state index in [9.17, 15) is 18.8 Å². The minimum atomic E-state index is -0.812. The van der Waals surface area contributed by atoms with Gasteiger partial charge >= 0.3 is 5.97 Å². The molecule has 2 heterocycles. The number of pyridine rings is 1. The zero-order chi connectivity index (χ0) is 22.9. The first-order valence-electron chi connectivity index (χ1n) is 10.5. The second-order valence-electron chi connectivity index (χ2n) is 7.90. The SMILES string of the molecule is O=C(Oc1cccc(C(=O)N2CCc3ccccc3C2)c1)c1cc(=O)[nH]c2ccc(F)cc12. The van der Waals surface area contributed by atoms with E-state index < -0.39 is 17.3 Å². The molecule has 1 amide bonds. The Bertz CT molecular complexity index is 1460. The van der Waals surface area contributed by atoms with Crippen LogP contribution in [0.15, 0.2) is 77.6 Å². The van der Waals surface area contributed by atoms with Gasteiger partial charge in [0.05, 0.1) is 5.56 Å². The van der Waals surface area contributed by atoms with Crippen LogP contribution in [0.4, 0.5) is 4.39 Å². The molecule has 0 aliphatic carbocycles. The molecule has 7 heteroatoms. The van der Waals surface area contributed by atoms with Crippen molar-refractivity contribution in [2.24, 2.45) is 0 Å². The van der Waals surface area contributed by atoms with Crippen LogP contribution in [0.5, 0.6) is 5.75 Å². The highest BCUT2D eigenvalue weighted by molar-refractivity contribution is 6.04. The molecule has 0 unspecified atom stereocenters. The Morgan fingerprint density at radius 1 is 0.939 bits per heavy atom. The highest BCUT2D eigenvalue weighted by atomic mass is 19.1. The molecular weight excluding hydrogens is 423 g/mol. The number of H-pyrrole nitrogens is 1. The third kappa shape index (κ3) is 4.13. The van der Waals surface area contributed by atoms with Crippen molar-refractivity contribution < 1.29 is 18.7 Å². The molecule has 164 valence electrons. The minimum absolute atomic E-state index is 0.0578. The van der Waals surface area contributed by atoms with Gasteiger partial charge in [0.15, 0.2) is 0 Å². The molecule has 0 saturated carbocycles. The fourth-order valence-corrected chi connectivity index (χ4v) is 4.10. The van der Waals surface area contributed by atoms with E-state index in [0.29, 0.717) is 24.2 Å². The molecule has 1 aromatic heterocycles. The molecule has 1 N–H and O–H groups in total. The van der Waals surface area contributed by atoms with Gasteiger partial charge in [0.1, 0.15) is 11.6 Å². The van der Waals surface area contributed by atoms with Gasteiger partial charge in [-0.3, -0.25) is 9.59 Å². The smallest absolute Gasteiger partial charge is 0.344 e. The number of halogens is 1. The molecule has 0 spiro atoms. The fraction of sp³-hybridized carbons (Fsp3) is 0.115. The Kier molecular flexibility index (Phi) is 5.22. The number of hydrogen-bond acceptors (Lipinski definition) is 4. The van der Waals surface area contributed by atoms with Gasteiger partial charge in [-0.15, -0.1) is 0 Å². The molecule has 0 fully saturated rings. The van der Waals surface area contributed by atoms with Crippen LogP contribution in [0.25, 0.3) is 10.9 Å². The molecule has 0 bridgehead atoms. The van der Waals surface area contributed by atoms with E-state index in [1.807, 2.05) is 18.2 Å². The summed E-state index contributed by atoms with van der Waals surface area (Å²) >= 11 is 0. The van der Waals surface area contributed by atoms with Gasteiger partial charge in [0.2, 0.25) is 5.56 Å². The Morgan fingerprint density at radius 3 is 2.61 bits per heavy atom. The topological polar surface area (TPSA) is 79.5 Å². The predicted molar refractivity (Wildman–Crippen MR) is 121 cm³/mol. The van der Waals surface area contributed by atoms with E-state index >= 15 is 0 Å². The largest absolute Gasteiger partial charge is 0.423 e. The van der Waals surface area contributed by atoms with E-state index in [-0.39, 0.29) is 22.6 Å². The Hall–Kier alpha value is -4.26. The lowest BCUT2D eigenvalue weighted by atomic mass is 9.99. The molecule has 0 radical (unpaired) electrons. The number of rotatable bonds is 3. The first-order chi connectivity index (χ1) is 16.0. The summed E-state index contributed by atoms with van der Waals surface area (Å²) in [5, 5.41) is 0.235. The number of fused-ring (bicyclic) bond motifs is 2. The van der Waals surface area contributed by atoms with Crippen LogP contribution >= 0.6 is 0 Å². The molecule has 0 atom stereocenters. The van der Waals surface area contributed by atoms with Gasteiger partial charge in [-0.25, -0.2) is 9.18 Å². The molecule has 3 aromatic carbocycles. The number of esters is 1. The van der Waals surface area contributed by atoms with Crippen LogP contribution in [-0.2, 0) is 13.0 Å². The Balaban J connectivity index is 1.39. The Labute approximate surface area is 188 Å². The summed E-state index contributed by atoms with van der Waals surface area (Å²) in [7, 11) is 0. The summed E-state index contributed by atoms with van der Waals surface area (Å²) in [6.07, 6.45) is 0.781. The van der Waals surface area contributed by atoms with E-state index in [4.69, 9.17) is 4.74 Å². The van der Waals surface area contributed by atoms with Gasteiger partial charge in [-0.05, 0) is 53.9 Å². The third-order valence-electron chi connectivity index (χ3n) is 5.73. The quantitative estimate of drug-likeness (QED) is 0.383. The molecule has 5 rings (SSSR count). The van der Waals surface area contributed by atoms with E-state index in [1.54, 1.807) is 23.1 Å². The van der Waals surface area contributed by atoms with Crippen molar-refractivity contribution in [3.05, 3.63) is 111 Å². The highest BCUT2D eigenvalue weighted by Crippen LogP contribution is 2.23. The monoisotopic (exact) mass is 442 g/mol. The number of aromatic amines is 1. The Morgan fingerprint density at radius 2 is 1.76 bits per heavy atom. The molecule has 1 aliphatic heterocycles. The number of benzene rings is 3. The lowest BCUT2D eigenvalue weighted by molar-refractivity contribution is 0.0717. The number of amides is 1. The number of ether oxygens (including phenoxy) is 1. The van der Waals surface area contributed by atoms with Gasteiger partial charge in [0, 0.05) is 35.6 Å². The van der Waals surface area contributed by atoms with Crippen molar-refractivity contribution in [2.45, 2.75) is 13.0 Å². The molecule has 1 aliphatic rings. The normalized spacial score (nSPS) is 12.9. The maximum atomic E-state index is 13.7. The maximum absolute atomic E-state index is 13.7. The fourth-order valence-electron chi connectivity index (χ4n) is 4.10. The summed E-state index contributed by atoms with van der Waals surface area (Å²) in [4.78, 5) is 42.2. The van der Waals surface area contributed by atoms with Gasteiger partial charge in [-0.2, -0.15) is 0 Å². The molecule has 33 heavy (non-hydrogen) atoms. The van der Waals surface area contributed by atoms with E-state index in [1.165, 1.54) is 23.8 Å². The first kappa shape index (κ1) is 20.6. The van der Waals surface area contributed by atoms with Crippen LogP contribution in [-0.4, -0.2) is 28.3 Å². The number of aromatic nitrogens is 1. The number of carbonyl (C=O) groups is 2. The van der Waals surface area contributed by atoms with Crippen molar-refractivity contribution >= 4 is 22.8 Å². The number of carbonyl (C=O) groups excluding carboxylic acids is 2. The van der Waals surface area contributed by atoms with Crippen LogP contribution in [0, 0.1) is 5.82 Å². The van der Waals surface area contributed by atoms with Gasteiger partial charge in [0.25, 0.3) is 5.91 Å². The summed E-state index contributed by atoms with van der Waals surface area (Å²) in [5.41, 5.74) is 2.51. The van der Waals surface area contributed by atoms with E-state index in [2.05, 4.69) is 11.1 Å². The minimum Gasteiger partial charge on any atom is -0.423 e. The van der Waals surface area contributed by atoms with Crippen molar-refractivity contribution in [3.63, 3.8) is 0 Å². The van der Waals surface area contributed by atoms with Crippen molar-refractivity contribution in [1.29, 1.82) is 0 Å². The molecular formula is C26H19FN2O4. The number of nitrogens with zero attached hydrogens (tertiary/aromatic N) is 1. The standard InChI is InChI=1S/C26H19FN2O4/c27-19-8-9-23-21(13-19)22(14-24(30)28-23)26(32)33-20-7-3-6-17(12-20)25(31)29-11-10-16-4-1-2-5-18(16)15-29/h1-9,12-14H,10-11,15H2,(H,28,30). The second-order valence-corrected chi connectivity index (χ2v) is 7.90. The van der Waals surface area contributed by atoms with Crippen LogP contribution < -0.4 is 10.3 Å². The lowest BCUT2D eigenvalue weighted by Crippen LogP contribution is -2.35. The average molecular weight is 442 g/mol. The molecule has 4 aromatic rings. The number of hydrogen-bond donors (Lipinski definition) is 1. The summed E-state index contributed by atoms with van der Waals surface area (Å²) in [6, 6.07) is 19.2. The van der Waals surface area contributed by atoms with Gasteiger partial charge in [-0.1, -0.05) is 30.3 Å². The van der Waals surface area contributed by atoms with Crippen molar-refractivity contribution in [3.8, 4) is 5.75 Å². The third-order valence-corrected chi connectivity index (χ3v) is 5.73. The van der Waals surface area contributed by atoms with E-state index in [0.717, 1.165) is 24.1 Å². The number of nitrogens with one attached hydrogen (secondary N) is 1. The van der Waals surface area contributed by atoms with Crippen LogP contribution in [0.3, 0.4) is 0 Å². The van der Waals surface area contributed by atoms with Crippen molar-refractivity contribution in [2.75, 3.05) is 6.54 Å². The predicted octanol–water partition coefficient (Wildman–Crippen LogP) is 4.08. The first-order valence-corrected chi connectivity index (χ1v) is 10.5. The second kappa shape index (κ2) is 8.35. The highest BCUT2D eigenvalue weighted by Gasteiger charge is 2.22. The lowest BCUT2D eigenvalue weighted by Gasteiger charge is -2.29. The van der Waals surface area contributed by atoms with Crippen molar-refractivity contribution in [1.82, 2.24) is 9.88 Å². The van der Waals surface area contributed by atoms with Crippen LogP contribution in [0.2, 0.25) is 0 Å². The maximum Gasteiger partial charge on any atom is 0.344 e. The van der Waals surface area contributed by atoms with Gasteiger partial charge < -0.3 is 14.6 Å². The summed E-state index contributed by atoms with van der Waals surface area (Å²) in [6.45, 7) is 1.12. The van der Waals surface area contributed by atoms with Crippen LogP contribution in [0.1, 0.15) is 31.8 Å².